The summed E-state index contributed by atoms with van der Waals surface area (Å²) in [5.74, 6) is 0.345. The summed E-state index contributed by atoms with van der Waals surface area (Å²) in [5, 5.41) is 12.9. The van der Waals surface area contributed by atoms with Crippen LogP contribution in [0.5, 0.6) is 11.6 Å². The third-order valence-corrected chi connectivity index (χ3v) is 3.81. The lowest BCUT2D eigenvalue weighted by Gasteiger charge is -2.16. The molecule has 0 amide bonds. The molecule has 0 radical (unpaired) electrons. The van der Waals surface area contributed by atoms with E-state index < -0.39 is 0 Å². The number of methoxy groups -OCH3 is 1. The topological polar surface area (TPSA) is 57.7 Å². The fraction of sp³-hybridized carbons (Fsp3) is 0.222. The number of hydrogen-bond acceptors (Lipinski definition) is 3. The van der Waals surface area contributed by atoms with Crippen molar-refractivity contribution >= 4 is 5.65 Å². The molecular formula is C18H18N2O3. The largest absolute Gasteiger partial charge is 0.842 e. The summed E-state index contributed by atoms with van der Waals surface area (Å²) >= 11 is 0. The maximum Gasteiger partial charge on any atom is 0.349 e. The molecule has 0 saturated heterocycles. The third kappa shape index (κ3) is 2.54. The second-order valence-electron chi connectivity index (χ2n) is 5.30. The summed E-state index contributed by atoms with van der Waals surface area (Å²) in [6.07, 6.45) is 2.49. The quantitative estimate of drug-likeness (QED) is 0.690. The van der Waals surface area contributed by atoms with E-state index in [1.807, 2.05) is 13.0 Å². The van der Waals surface area contributed by atoms with E-state index in [4.69, 9.17) is 4.74 Å². The minimum absolute atomic E-state index is 0.168. The molecule has 1 aromatic carbocycles. The van der Waals surface area contributed by atoms with Gasteiger partial charge in [0.05, 0.1) is 25.7 Å². The van der Waals surface area contributed by atoms with Gasteiger partial charge in [-0.05, 0) is 30.2 Å². The van der Waals surface area contributed by atoms with Crippen molar-refractivity contribution < 1.29 is 14.4 Å². The summed E-state index contributed by atoms with van der Waals surface area (Å²) in [6, 6.07) is 12.4. The van der Waals surface area contributed by atoms with Crippen LogP contribution in [0.1, 0.15) is 13.3 Å². The Morgan fingerprint density at radius 3 is 2.78 bits per heavy atom. The molecule has 5 heteroatoms. The van der Waals surface area contributed by atoms with Crippen LogP contribution < -0.4 is 20.0 Å². The molecule has 118 valence electrons. The molecule has 2 heterocycles. The van der Waals surface area contributed by atoms with Crippen molar-refractivity contribution in [3.63, 3.8) is 0 Å². The number of aromatic nitrogens is 2. The van der Waals surface area contributed by atoms with Gasteiger partial charge in [-0.25, -0.2) is 9.36 Å². The first kappa shape index (κ1) is 15.1. The van der Waals surface area contributed by atoms with Crippen molar-refractivity contribution in [2.24, 2.45) is 0 Å². The molecule has 0 atom stereocenters. The Morgan fingerprint density at radius 2 is 2.04 bits per heavy atom. The van der Waals surface area contributed by atoms with Gasteiger partial charge in [0.25, 0.3) is 5.65 Å². The van der Waals surface area contributed by atoms with Gasteiger partial charge in [0.2, 0.25) is 0 Å². The number of aryl methyl sites for hydroxylation is 1. The number of benzene rings is 1. The summed E-state index contributed by atoms with van der Waals surface area (Å²) < 4.78 is 8.37. The third-order valence-electron chi connectivity index (χ3n) is 3.81. The van der Waals surface area contributed by atoms with Crippen LogP contribution >= 0.6 is 0 Å². The molecular weight excluding hydrogens is 292 g/mol. The van der Waals surface area contributed by atoms with Gasteiger partial charge >= 0.3 is 5.56 Å². The Bertz CT molecular complexity index is 916. The van der Waals surface area contributed by atoms with Crippen LogP contribution in [0, 0.1) is 0 Å². The molecule has 0 aliphatic carbocycles. The molecule has 0 unspecified atom stereocenters. The number of fused-ring (bicyclic) bond motifs is 1. The van der Waals surface area contributed by atoms with Crippen molar-refractivity contribution in [2.45, 2.75) is 19.9 Å². The van der Waals surface area contributed by atoms with Crippen LogP contribution in [0.3, 0.4) is 0 Å². The van der Waals surface area contributed by atoms with Crippen LogP contribution in [0.2, 0.25) is 0 Å². The van der Waals surface area contributed by atoms with Crippen molar-refractivity contribution in [1.82, 2.24) is 4.40 Å². The van der Waals surface area contributed by atoms with Crippen LogP contribution in [0.4, 0.5) is 0 Å². The number of nitrogens with zero attached hydrogens (tertiary/aromatic N) is 2. The van der Waals surface area contributed by atoms with E-state index in [-0.39, 0.29) is 17.0 Å². The van der Waals surface area contributed by atoms with Gasteiger partial charge in [-0.15, -0.1) is 0 Å². The van der Waals surface area contributed by atoms with Gasteiger partial charge in [-0.3, -0.25) is 0 Å². The molecule has 3 rings (SSSR count). The molecule has 2 aromatic heterocycles. The van der Waals surface area contributed by atoms with Gasteiger partial charge < -0.3 is 9.84 Å². The first-order valence-corrected chi connectivity index (χ1v) is 7.56. The highest BCUT2D eigenvalue weighted by Crippen LogP contribution is 2.25. The van der Waals surface area contributed by atoms with E-state index in [0.29, 0.717) is 23.5 Å². The minimum Gasteiger partial charge on any atom is -0.842 e. The van der Waals surface area contributed by atoms with Gasteiger partial charge in [-0.2, -0.15) is 4.40 Å². The molecule has 23 heavy (non-hydrogen) atoms. The summed E-state index contributed by atoms with van der Waals surface area (Å²) in [4.78, 5) is 12.8. The highest BCUT2D eigenvalue weighted by Gasteiger charge is 2.19. The summed E-state index contributed by atoms with van der Waals surface area (Å²) in [5.41, 5.74) is 1.03. The molecule has 0 spiro atoms. The number of hydrogen-bond donors (Lipinski definition) is 0. The fourth-order valence-electron chi connectivity index (χ4n) is 2.74. The monoisotopic (exact) mass is 310 g/mol. The van der Waals surface area contributed by atoms with E-state index in [0.717, 1.165) is 6.42 Å². The van der Waals surface area contributed by atoms with E-state index in [2.05, 4.69) is 0 Å². The van der Waals surface area contributed by atoms with Crippen molar-refractivity contribution in [1.29, 1.82) is 0 Å². The Kier molecular flexibility index (Phi) is 4.02. The van der Waals surface area contributed by atoms with Crippen molar-refractivity contribution in [3.05, 3.63) is 59.0 Å². The molecule has 5 nitrogen and oxygen atoms in total. The standard InChI is InChI=1S/C18H18N2O3/c1-3-10-19-15-9-4-5-11-20(15)18(22)16(17(19)21)13-7-6-8-14(12-13)23-2/h4-9,11-12H,3,10H2,1-2H3. The first-order chi connectivity index (χ1) is 11.2. The van der Waals surface area contributed by atoms with Crippen LogP contribution in [0.25, 0.3) is 16.8 Å². The average Bonchev–Trinajstić information content (AvgIpc) is 2.59. The second-order valence-corrected chi connectivity index (χ2v) is 5.30. The second kappa shape index (κ2) is 6.12. The molecule has 0 aliphatic rings. The fourth-order valence-corrected chi connectivity index (χ4v) is 2.74. The Balaban J connectivity index is 2.38. The Labute approximate surface area is 134 Å². The van der Waals surface area contributed by atoms with Crippen molar-refractivity contribution in [2.75, 3.05) is 7.11 Å². The SMILES string of the molecule is CCC[n+]1c([O-])c(-c2cccc(OC)c2)c(=O)n2ccccc21. The van der Waals surface area contributed by atoms with Gasteiger partial charge in [0, 0.05) is 6.07 Å². The first-order valence-electron chi connectivity index (χ1n) is 7.56. The van der Waals surface area contributed by atoms with E-state index >= 15 is 0 Å². The average molecular weight is 310 g/mol. The van der Waals surface area contributed by atoms with Crippen LogP contribution in [-0.2, 0) is 6.54 Å². The smallest absolute Gasteiger partial charge is 0.349 e. The maximum absolute atomic E-state index is 12.9. The highest BCUT2D eigenvalue weighted by molar-refractivity contribution is 5.68. The van der Waals surface area contributed by atoms with Crippen LogP contribution in [0.15, 0.2) is 53.5 Å². The maximum atomic E-state index is 12.9. The number of ether oxygens (including phenoxy) is 1. The molecule has 0 bridgehead atoms. The molecule has 0 saturated carbocycles. The molecule has 3 aromatic rings. The predicted molar refractivity (Wildman–Crippen MR) is 85.6 cm³/mol. The van der Waals surface area contributed by atoms with E-state index in [1.54, 1.807) is 54.3 Å². The number of rotatable bonds is 4. The zero-order valence-electron chi connectivity index (χ0n) is 13.2. The highest BCUT2D eigenvalue weighted by atomic mass is 16.5. The zero-order chi connectivity index (χ0) is 16.4. The number of pyridine rings is 1. The molecule has 0 N–H and O–H groups in total. The molecule has 0 aliphatic heterocycles. The predicted octanol–water partition coefficient (Wildman–Crippen LogP) is 1.75. The Morgan fingerprint density at radius 1 is 1.22 bits per heavy atom. The Hall–Kier alpha value is -2.82. The van der Waals surface area contributed by atoms with Gasteiger partial charge in [-0.1, -0.05) is 25.1 Å². The lowest BCUT2D eigenvalue weighted by molar-refractivity contribution is -0.715. The van der Waals surface area contributed by atoms with Gasteiger partial charge in [0.15, 0.2) is 0 Å². The van der Waals surface area contributed by atoms with E-state index in [9.17, 15) is 9.90 Å². The minimum atomic E-state index is -0.314. The summed E-state index contributed by atoms with van der Waals surface area (Å²) in [6.45, 7) is 2.56. The summed E-state index contributed by atoms with van der Waals surface area (Å²) in [7, 11) is 1.56. The van der Waals surface area contributed by atoms with Gasteiger partial charge in [0.1, 0.15) is 11.3 Å². The molecule has 0 fully saturated rings. The van der Waals surface area contributed by atoms with Crippen molar-refractivity contribution in [3.8, 4) is 22.8 Å². The lowest BCUT2D eigenvalue weighted by Crippen LogP contribution is -2.43. The van der Waals surface area contributed by atoms with Crippen LogP contribution in [-0.4, -0.2) is 11.5 Å². The lowest BCUT2D eigenvalue weighted by atomic mass is 10.1. The van der Waals surface area contributed by atoms with E-state index in [1.165, 1.54) is 4.40 Å². The zero-order valence-corrected chi connectivity index (χ0v) is 13.2. The normalized spacial score (nSPS) is 10.9.